The Labute approximate surface area is 160 Å². The lowest BCUT2D eigenvalue weighted by molar-refractivity contribution is -0.135. The van der Waals surface area contributed by atoms with E-state index in [0.717, 1.165) is 15.8 Å². The summed E-state index contributed by atoms with van der Waals surface area (Å²) in [7, 11) is 1.81. The van der Waals surface area contributed by atoms with Crippen LogP contribution in [0.4, 0.5) is 0 Å². The van der Waals surface area contributed by atoms with Gasteiger partial charge in [0.05, 0.1) is 12.5 Å². The van der Waals surface area contributed by atoms with Crippen LogP contribution in [0.15, 0.2) is 46.3 Å². The highest BCUT2D eigenvalue weighted by Gasteiger charge is 2.35. The van der Waals surface area contributed by atoms with Gasteiger partial charge in [-0.1, -0.05) is 30.3 Å². The fourth-order valence-electron chi connectivity index (χ4n) is 3.12. The van der Waals surface area contributed by atoms with E-state index >= 15 is 0 Å². The Morgan fingerprint density at radius 3 is 2.80 bits per heavy atom. The molecule has 2 amide bonds. The Morgan fingerprint density at radius 2 is 2.12 bits per heavy atom. The lowest BCUT2D eigenvalue weighted by Gasteiger charge is -2.21. The van der Waals surface area contributed by atoms with E-state index in [1.807, 2.05) is 41.6 Å². The van der Waals surface area contributed by atoms with Gasteiger partial charge in [0, 0.05) is 41.3 Å². The molecule has 0 spiro atoms. The average molecular weight is 421 g/mol. The molecule has 1 aromatic heterocycles. The van der Waals surface area contributed by atoms with Gasteiger partial charge in [0.1, 0.15) is 0 Å². The van der Waals surface area contributed by atoms with Crippen LogP contribution >= 0.6 is 27.3 Å². The van der Waals surface area contributed by atoms with Gasteiger partial charge >= 0.3 is 0 Å². The van der Waals surface area contributed by atoms with Crippen LogP contribution in [0.1, 0.15) is 16.9 Å². The molecule has 1 fully saturated rings. The first kappa shape index (κ1) is 18.1. The molecule has 0 aliphatic carbocycles. The van der Waals surface area contributed by atoms with Gasteiger partial charge in [0.2, 0.25) is 11.8 Å². The Bertz CT molecular complexity index is 747. The van der Waals surface area contributed by atoms with Gasteiger partial charge in [0.15, 0.2) is 0 Å². The summed E-state index contributed by atoms with van der Waals surface area (Å²) >= 11 is 5.06. The van der Waals surface area contributed by atoms with Crippen molar-refractivity contribution >= 4 is 39.1 Å². The van der Waals surface area contributed by atoms with E-state index in [-0.39, 0.29) is 17.7 Å². The lowest BCUT2D eigenvalue weighted by Crippen LogP contribution is -2.34. The molecule has 0 saturated carbocycles. The fraction of sp³-hybridized carbons (Fsp3) is 0.368. The molecule has 1 unspecified atom stereocenters. The van der Waals surface area contributed by atoms with E-state index in [9.17, 15) is 9.59 Å². The second-order valence-corrected chi connectivity index (χ2v) is 8.31. The van der Waals surface area contributed by atoms with Crippen molar-refractivity contribution in [3.63, 3.8) is 0 Å². The molecule has 3 rings (SSSR count). The summed E-state index contributed by atoms with van der Waals surface area (Å²) in [6, 6.07) is 12.2. The second kappa shape index (κ2) is 8.15. The van der Waals surface area contributed by atoms with Gasteiger partial charge in [-0.25, -0.2) is 0 Å². The average Bonchev–Trinajstić information content (AvgIpc) is 3.18. The smallest absolute Gasteiger partial charge is 0.228 e. The van der Waals surface area contributed by atoms with E-state index in [0.29, 0.717) is 26.1 Å². The number of nitrogens with zero attached hydrogens (tertiary/aromatic N) is 2. The maximum atomic E-state index is 12.7. The molecular weight excluding hydrogens is 400 g/mol. The normalized spacial score (nSPS) is 17.1. The molecule has 1 saturated heterocycles. The van der Waals surface area contributed by atoms with Crippen molar-refractivity contribution < 1.29 is 9.59 Å². The molecule has 0 bridgehead atoms. The third kappa shape index (κ3) is 4.70. The summed E-state index contributed by atoms with van der Waals surface area (Å²) in [5.74, 6) is -0.0849. The minimum Gasteiger partial charge on any atom is -0.342 e. The largest absolute Gasteiger partial charge is 0.342 e. The molecule has 2 heterocycles. The zero-order chi connectivity index (χ0) is 17.8. The van der Waals surface area contributed by atoms with Crippen molar-refractivity contribution in [3.8, 4) is 0 Å². The zero-order valence-corrected chi connectivity index (χ0v) is 16.6. The van der Waals surface area contributed by atoms with Crippen LogP contribution in [0.3, 0.4) is 0 Å². The van der Waals surface area contributed by atoms with Crippen LogP contribution in [0, 0.1) is 5.92 Å². The molecule has 25 heavy (non-hydrogen) atoms. The van der Waals surface area contributed by atoms with Crippen molar-refractivity contribution in [2.75, 3.05) is 20.1 Å². The monoisotopic (exact) mass is 420 g/mol. The standard InChI is InChI=1S/C19H21BrN2O2S/c1-21(12-17-10-16(20)13-25-17)19(24)15-9-18(23)22(11-15)8-7-14-5-3-2-4-6-14/h2-6,10,13,15H,7-9,11-12H2,1H3. The van der Waals surface area contributed by atoms with Crippen LogP contribution < -0.4 is 0 Å². The predicted octanol–water partition coefficient (Wildman–Crippen LogP) is 3.56. The third-order valence-corrected chi connectivity index (χ3v) is 6.15. The molecule has 1 aliphatic rings. The molecule has 132 valence electrons. The molecule has 0 radical (unpaired) electrons. The highest BCUT2D eigenvalue weighted by Crippen LogP contribution is 2.24. The van der Waals surface area contributed by atoms with Crippen LogP contribution in [0.5, 0.6) is 0 Å². The minimum atomic E-state index is -0.225. The molecule has 4 nitrogen and oxygen atoms in total. The third-order valence-electron chi connectivity index (χ3n) is 4.47. The molecule has 1 aromatic carbocycles. The molecule has 1 atom stereocenters. The second-order valence-electron chi connectivity index (χ2n) is 6.40. The summed E-state index contributed by atoms with van der Waals surface area (Å²) < 4.78 is 1.04. The van der Waals surface area contributed by atoms with Crippen molar-refractivity contribution in [1.29, 1.82) is 0 Å². The number of rotatable bonds is 6. The number of likely N-dealkylation sites (tertiary alicyclic amines) is 1. The molecule has 0 N–H and O–H groups in total. The minimum absolute atomic E-state index is 0.0556. The predicted molar refractivity (Wildman–Crippen MR) is 103 cm³/mol. The Hall–Kier alpha value is -1.66. The van der Waals surface area contributed by atoms with E-state index in [1.165, 1.54) is 5.56 Å². The van der Waals surface area contributed by atoms with E-state index < -0.39 is 0 Å². The van der Waals surface area contributed by atoms with Gasteiger partial charge in [-0.3, -0.25) is 9.59 Å². The lowest BCUT2D eigenvalue weighted by atomic mass is 10.1. The number of carbonyl (C=O) groups is 2. The van der Waals surface area contributed by atoms with Crippen molar-refractivity contribution in [2.24, 2.45) is 5.92 Å². The Morgan fingerprint density at radius 1 is 1.36 bits per heavy atom. The number of hydrogen-bond acceptors (Lipinski definition) is 3. The molecular formula is C19H21BrN2O2S. The summed E-state index contributed by atoms with van der Waals surface area (Å²) in [6.07, 6.45) is 1.15. The number of halogens is 1. The topological polar surface area (TPSA) is 40.6 Å². The maximum Gasteiger partial charge on any atom is 0.228 e. The summed E-state index contributed by atoms with van der Waals surface area (Å²) in [5.41, 5.74) is 1.21. The summed E-state index contributed by atoms with van der Waals surface area (Å²) in [5, 5.41) is 2.01. The highest BCUT2D eigenvalue weighted by atomic mass is 79.9. The molecule has 2 aromatic rings. The van der Waals surface area contributed by atoms with Crippen molar-refractivity contribution in [3.05, 3.63) is 56.7 Å². The number of thiophene rings is 1. The first-order valence-corrected chi connectivity index (χ1v) is 10.00. The summed E-state index contributed by atoms with van der Waals surface area (Å²) in [4.78, 5) is 29.6. The van der Waals surface area contributed by atoms with Crippen LogP contribution in [-0.2, 0) is 22.6 Å². The SMILES string of the molecule is CN(Cc1cc(Br)cs1)C(=O)C1CC(=O)N(CCc2ccccc2)C1. The quantitative estimate of drug-likeness (QED) is 0.716. The van der Waals surface area contributed by atoms with Gasteiger partial charge < -0.3 is 9.80 Å². The first-order chi connectivity index (χ1) is 12.0. The number of hydrogen-bond donors (Lipinski definition) is 0. The van der Waals surface area contributed by atoms with Gasteiger partial charge in [-0.15, -0.1) is 11.3 Å². The number of amides is 2. The Kier molecular flexibility index (Phi) is 5.91. The number of carbonyl (C=O) groups excluding carboxylic acids is 2. The van der Waals surface area contributed by atoms with E-state index in [2.05, 4.69) is 28.1 Å². The maximum absolute atomic E-state index is 12.7. The zero-order valence-electron chi connectivity index (χ0n) is 14.2. The van der Waals surface area contributed by atoms with Crippen LogP contribution in [0.2, 0.25) is 0 Å². The van der Waals surface area contributed by atoms with Crippen molar-refractivity contribution in [2.45, 2.75) is 19.4 Å². The van der Waals surface area contributed by atoms with Crippen molar-refractivity contribution in [1.82, 2.24) is 9.80 Å². The number of benzene rings is 1. The van der Waals surface area contributed by atoms with Gasteiger partial charge in [-0.05, 0) is 34.0 Å². The highest BCUT2D eigenvalue weighted by molar-refractivity contribution is 9.10. The Balaban J connectivity index is 1.53. The molecule has 6 heteroatoms. The molecule has 1 aliphatic heterocycles. The van der Waals surface area contributed by atoms with Crippen LogP contribution in [0.25, 0.3) is 0 Å². The van der Waals surface area contributed by atoms with E-state index in [1.54, 1.807) is 16.2 Å². The van der Waals surface area contributed by atoms with Crippen LogP contribution in [-0.4, -0.2) is 41.8 Å². The summed E-state index contributed by atoms with van der Waals surface area (Å²) in [6.45, 7) is 1.79. The fourth-order valence-corrected chi connectivity index (χ4v) is 4.63. The van der Waals surface area contributed by atoms with Gasteiger partial charge in [0.25, 0.3) is 0 Å². The van der Waals surface area contributed by atoms with Gasteiger partial charge in [-0.2, -0.15) is 0 Å². The van der Waals surface area contributed by atoms with E-state index in [4.69, 9.17) is 0 Å². The first-order valence-electron chi connectivity index (χ1n) is 8.32.